The number of fused-ring (bicyclic) bond motifs is 1. The van der Waals surface area contributed by atoms with Gasteiger partial charge in [0.1, 0.15) is 28.5 Å². The zero-order chi connectivity index (χ0) is 22.9. The Kier molecular flexibility index (Phi) is 5.51. The molecule has 33 heavy (non-hydrogen) atoms. The lowest BCUT2D eigenvalue weighted by molar-refractivity contribution is 0.591. The van der Waals surface area contributed by atoms with Crippen molar-refractivity contribution in [2.45, 2.75) is 10.9 Å². The molecule has 0 radical (unpaired) electrons. The van der Waals surface area contributed by atoms with Crippen molar-refractivity contribution in [2.24, 2.45) is 0 Å². The number of H-pyrrole nitrogens is 1. The van der Waals surface area contributed by atoms with Gasteiger partial charge in [0.15, 0.2) is 5.16 Å². The molecular formula is C25H16F3N3OS. The molecule has 0 bridgehead atoms. The van der Waals surface area contributed by atoms with Gasteiger partial charge in [0, 0.05) is 23.1 Å². The van der Waals surface area contributed by atoms with Crippen LogP contribution in [-0.2, 0) is 5.75 Å². The summed E-state index contributed by atoms with van der Waals surface area (Å²) in [5, 5.41) is 0.277. The van der Waals surface area contributed by atoms with Crippen molar-refractivity contribution in [3.63, 3.8) is 0 Å². The number of thioether (sulfide) groups is 1. The summed E-state index contributed by atoms with van der Waals surface area (Å²) < 4.78 is 42.7. The van der Waals surface area contributed by atoms with Crippen molar-refractivity contribution in [3.05, 3.63) is 112 Å². The molecule has 0 amide bonds. The Balaban J connectivity index is 1.68. The predicted molar refractivity (Wildman–Crippen MR) is 123 cm³/mol. The van der Waals surface area contributed by atoms with Crippen molar-refractivity contribution >= 4 is 22.8 Å². The van der Waals surface area contributed by atoms with E-state index in [-0.39, 0.29) is 22.0 Å². The van der Waals surface area contributed by atoms with Gasteiger partial charge in [-0.1, -0.05) is 42.1 Å². The molecule has 2 heterocycles. The van der Waals surface area contributed by atoms with Crippen molar-refractivity contribution < 1.29 is 13.2 Å². The molecule has 0 fully saturated rings. The van der Waals surface area contributed by atoms with E-state index < -0.39 is 17.5 Å². The van der Waals surface area contributed by atoms with E-state index in [0.29, 0.717) is 16.7 Å². The van der Waals surface area contributed by atoms with Crippen LogP contribution in [0.2, 0.25) is 0 Å². The number of aromatic nitrogens is 3. The van der Waals surface area contributed by atoms with Gasteiger partial charge in [0.05, 0.1) is 5.69 Å². The zero-order valence-electron chi connectivity index (χ0n) is 17.1. The van der Waals surface area contributed by atoms with Crippen LogP contribution in [0.25, 0.3) is 27.8 Å². The molecule has 1 N–H and O–H groups in total. The highest BCUT2D eigenvalue weighted by Crippen LogP contribution is 2.30. The highest BCUT2D eigenvalue weighted by Gasteiger charge is 2.18. The molecule has 0 aliphatic rings. The van der Waals surface area contributed by atoms with Crippen molar-refractivity contribution in [3.8, 4) is 16.8 Å². The molecule has 0 atom stereocenters. The lowest BCUT2D eigenvalue weighted by atomic mass is 10.1. The lowest BCUT2D eigenvalue weighted by Crippen LogP contribution is -2.22. The first-order chi connectivity index (χ1) is 16.0. The molecule has 4 nitrogen and oxygen atoms in total. The molecule has 2 aromatic heterocycles. The van der Waals surface area contributed by atoms with Crippen LogP contribution in [0.1, 0.15) is 5.56 Å². The van der Waals surface area contributed by atoms with E-state index in [4.69, 9.17) is 4.98 Å². The van der Waals surface area contributed by atoms with Gasteiger partial charge in [-0.2, -0.15) is 0 Å². The Morgan fingerprint density at radius 3 is 2.39 bits per heavy atom. The summed E-state index contributed by atoms with van der Waals surface area (Å²) in [5.74, 6) is -1.49. The fraction of sp³-hybridized carbons (Fsp3) is 0.0400. The fourth-order valence-corrected chi connectivity index (χ4v) is 4.57. The first-order valence-electron chi connectivity index (χ1n) is 10.0. The molecule has 0 aliphatic carbocycles. The number of nitrogens with one attached hydrogen (secondary N) is 1. The topological polar surface area (TPSA) is 50.7 Å². The van der Waals surface area contributed by atoms with E-state index in [9.17, 15) is 18.0 Å². The van der Waals surface area contributed by atoms with Gasteiger partial charge < -0.3 is 4.98 Å². The van der Waals surface area contributed by atoms with Crippen LogP contribution in [0.15, 0.2) is 88.9 Å². The fourth-order valence-electron chi connectivity index (χ4n) is 3.59. The Labute approximate surface area is 190 Å². The van der Waals surface area contributed by atoms with Crippen LogP contribution in [0, 0.1) is 17.5 Å². The Bertz CT molecular complexity index is 1510. The van der Waals surface area contributed by atoms with Gasteiger partial charge in [-0.05, 0) is 48.0 Å². The first kappa shape index (κ1) is 21.1. The number of nitrogens with zero attached hydrogens (tertiary/aromatic N) is 2. The van der Waals surface area contributed by atoms with Gasteiger partial charge in [0.25, 0.3) is 5.56 Å². The smallest absolute Gasteiger partial charge is 0.283 e. The van der Waals surface area contributed by atoms with E-state index in [1.54, 1.807) is 6.20 Å². The number of hydrogen-bond donors (Lipinski definition) is 1. The minimum absolute atomic E-state index is 0.0494. The Hall–Kier alpha value is -3.78. The first-order valence-corrected chi connectivity index (χ1v) is 11.0. The van der Waals surface area contributed by atoms with Gasteiger partial charge in [-0.3, -0.25) is 9.36 Å². The SMILES string of the molecule is O=c1c2[nH]cc(-c3ccccc3)c2nc(SCc2cc(F)ccc2F)n1-c1ccc(F)cc1. The summed E-state index contributed by atoms with van der Waals surface area (Å²) in [6.07, 6.45) is 1.71. The molecular weight excluding hydrogens is 447 g/mol. The van der Waals surface area contributed by atoms with Gasteiger partial charge in [0.2, 0.25) is 0 Å². The number of benzene rings is 3. The third-order valence-corrected chi connectivity index (χ3v) is 6.19. The molecule has 0 aliphatic heterocycles. The lowest BCUT2D eigenvalue weighted by Gasteiger charge is -2.13. The van der Waals surface area contributed by atoms with Crippen LogP contribution in [0.4, 0.5) is 13.2 Å². The molecule has 0 saturated heterocycles. The summed E-state index contributed by atoms with van der Waals surface area (Å²) in [5.41, 5.74) is 2.56. The maximum absolute atomic E-state index is 14.2. The molecule has 5 aromatic rings. The van der Waals surface area contributed by atoms with E-state index in [1.165, 1.54) is 28.8 Å². The number of rotatable bonds is 5. The van der Waals surface area contributed by atoms with Crippen molar-refractivity contribution in [1.29, 1.82) is 0 Å². The van der Waals surface area contributed by atoms with Crippen LogP contribution in [0.5, 0.6) is 0 Å². The molecule has 0 unspecified atom stereocenters. The molecule has 164 valence electrons. The maximum Gasteiger partial charge on any atom is 0.283 e. The largest absolute Gasteiger partial charge is 0.355 e. The third-order valence-electron chi connectivity index (χ3n) is 5.20. The minimum Gasteiger partial charge on any atom is -0.355 e. The van der Waals surface area contributed by atoms with Gasteiger partial charge >= 0.3 is 0 Å². The summed E-state index contributed by atoms with van der Waals surface area (Å²) in [4.78, 5) is 21.2. The van der Waals surface area contributed by atoms with E-state index in [1.807, 2.05) is 30.3 Å². The zero-order valence-corrected chi connectivity index (χ0v) is 17.9. The van der Waals surface area contributed by atoms with E-state index in [0.717, 1.165) is 41.1 Å². The van der Waals surface area contributed by atoms with Crippen molar-refractivity contribution in [2.75, 3.05) is 0 Å². The van der Waals surface area contributed by atoms with Crippen LogP contribution < -0.4 is 5.56 Å². The van der Waals surface area contributed by atoms with Crippen LogP contribution in [0.3, 0.4) is 0 Å². The molecule has 0 saturated carbocycles. The monoisotopic (exact) mass is 463 g/mol. The maximum atomic E-state index is 14.2. The molecule has 0 spiro atoms. The second-order valence-corrected chi connectivity index (χ2v) is 8.27. The number of halogens is 3. The number of aromatic amines is 1. The standard InChI is InChI=1S/C25H16F3N3OS/c26-17-6-9-19(10-7-17)31-24(32)23-22(20(13-29-23)15-4-2-1-3-5-15)30-25(31)33-14-16-12-18(27)8-11-21(16)28/h1-13,29H,14H2. The highest BCUT2D eigenvalue weighted by molar-refractivity contribution is 7.98. The second-order valence-electron chi connectivity index (χ2n) is 7.33. The van der Waals surface area contributed by atoms with E-state index >= 15 is 0 Å². The normalized spacial score (nSPS) is 11.2. The van der Waals surface area contributed by atoms with Crippen LogP contribution in [-0.4, -0.2) is 14.5 Å². The van der Waals surface area contributed by atoms with Gasteiger partial charge in [-0.15, -0.1) is 0 Å². The minimum atomic E-state index is -0.552. The summed E-state index contributed by atoms with van der Waals surface area (Å²) in [6.45, 7) is 0. The average Bonchev–Trinajstić information content (AvgIpc) is 3.25. The number of hydrogen-bond acceptors (Lipinski definition) is 3. The summed E-state index contributed by atoms with van der Waals surface area (Å²) >= 11 is 1.10. The average molecular weight is 463 g/mol. The molecule has 8 heteroatoms. The van der Waals surface area contributed by atoms with Crippen LogP contribution >= 0.6 is 11.8 Å². The second kappa shape index (κ2) is 8.63. The predicted octanol–water partition coefficient (Wildman–Crippen LogP) is 6.09. The highest BCUT2D eigenvalue weighted by atomic mass is 32.2. The van der Waals surface area contributed by atoms with E-state index in [2.05, 4.69) is 4.98 Å². The quantitative estimate of drug-likeness (QED) is 0.254. The summed E-state index contributed by atoms with van der Waals surface area (Å²) in [7, 11) is 0. The Morgan fingerprint density at radius 1 is 0.909 bits per heavy atom. The van der Waals surface area contributed by atoms with Gasteiger partial charge in [-0.25, -0.2) is 18.2 Å². The molecule has 5 rings (SSSR count). The summed E-state index contributed by atoms with van der Waals surface area (Å²) in [6, 6.07) is 18.1. The Morgan fingerprint density at radius 2 is 1.64 bits per heavy atom. The third kappa shape index (κ3) is 4.05. The van der Waals surface area contributed by atoms with Crippen molar-refractivity contribution in [1.82, 2.24) is 14.5 Å². The molecule has 3 aromatic carbocycles.